The van der Waals surface area contributed by atoms with E-state index in [4.69, 9.17) is 4.74 Å². The van der Waals surface area contributed by atoms with Crippen LogP contribution in [0.1, 0.15) is 19.0 Å². The molecule has 25 heavy (non-hydrogen) atoms. The molecule has 1 aromatic heterocycles. The van der Waals surface area contributed by atoms with Crippen molar-refractivity contribution in [2.24, 2.45) is 7.05 Å². The van der Waals surface area contributed by atoms with Crippen molar-refractivity contribution in [1.29, 1.82) is 0 Å². The molecular formula is C15H14F5N3O2. The third kappa shape index (κ3) is 3.72. The van der Waals surface area contributed by atoms with Crippen molar-refractivity contribution in [2.45, 2.75) is 19.5 Å². The Labute approximate surface area is 139 Å². The van der Waals surface area contributed by atoms with E-state index in [1.54, 1.807) is 6.92 Å². The molecule has 1 aromatic carbocycles. The fourth-order valence-corrected chi connectivity index (χ4v) is 2.17. The lowest BCUT2D eigenvalue weighted by molar-refractivity contribution is -0.140. The number of nitrogens with zero attached hydrogens (tertiary/aromatic N) is 3. The first-order chi connectivity index (χ1) is 11.7. The van der Waals surface area contributed by atoms with Gasteiger partial charge in [0.25, 0.3) is 0 Å². The van der Waals surface area contributed by atoms with Gasteiger partial charge in [0.05, 0.1) is 12.3 Å². The van der Waals surface area contributed by atoms with E-state index >= 15 is 0 Å². The molecule has 10 heteroatoms. The van der Waals surface area contributed by atoms with E-state index in [2.05, 4.69) is 5.10 Å². The number of aryl methyl sites for hydroxylation is 1. The average molecular weight is 363 g/mol. The van der Waals surface area contributed by atoms with Crippen LogP contribution in [0.4, 0.5) is 33.3 Å². The maximum atomic E-state index is 14.0. The Bertz CT molecular complexity index is 773. The molecule has 0 fully saturated rings. The Kier molecular flexibility index (Phi) is 5.29. The Morgan fingerprint density at radius 2 is 2.00 bits per heavy atom. The number of halogens is 5. The van der Waals surface area contributed by atoms with Gasteiger partial charge in [0.15, 0.2) is 5.69 Å². The molecule has 0 aliphatic rings. The molecule has 136 valence electrons. The topological polar surface area (TPSA) is 47.4 Å². The summed E-state index contributed by atoms with van der Waals surface area (Å²) < 4.78 is 73.1. The summed E-state index contributed by atoms with van der Waals surface area (Å²) in [5.41, 5.74) is -2.74. The third-order valence-corrected chi connectivity index (χ3v) is 3.20. The van der Waals surface area contributed by atoms with Gasteiger partial charge in [-0.3, -0.25) is 9.69 Å². The van der Waals surface area contributed by atoms with E-state index in [0.29, 0.717) is 17.4 Å². The molecule has 0 atom stereocenters. The Morgan fingerprint density at radius 3 is 2.52 bits per heavy atom. The van der Waals surface area contributed by atoms with Crippen molar-refractivity contribution in [3.05, 3.63) is 35.5 Å². The molecule has 1 heterocycles. The summed E-state index contributed by atoms with van der Waals surface area (Å²) in [5.74, 6) is -2.49. The number of hydrogen-bond acceptors (Lipinski definition) is 3. The van der Waals surface area contributed by atoms with E-state index in [0.717, 1.165) is 16.8 Å². The fraction of sp³-hybridized carbons (Fsp3) is 0.333. The highest BCUT2D eigenvalue weighted by Crippen LogP contribution is 2.44. The number of anilines is 2. The molecule has 0 saturated heterocycles. The monoisotopic (exact) mass is 363 g/mol. The maximum absolute atomic E-state index is 14.0. The standard InChI is InChI=1S/C15H14F5N3O2/c1-3-6-25-14-12(13(15(18,19)20)21-22(14)2)23(8-24)11-5-4-9(16)7-10(11)17/h4-5,7-8H,3,6H2,1-2H3. The Morgan fingerprint density at radius 1 is 1.32 bits per heavy atom. The van der Waals surface area contributed by atoms with Crippen molar-refractivity contribution in [3.8, 4) is 5.88 Å². The van der Waals surface area contributed by atoms with Crippen molar-refractivity contribution >= 4 is 17.8 Å². The molecule has 2 aromatic rings. The summed E-state index contributed by atoms with van der Waals surface area (Å²) in [5, 5.41) is 3.35. The Balaban J connectivity index is 2.69. The zero-order chi connectivity index (χ0) is 18.8. The van der Waals surface area contributed by atoms with Crippen molar-refractivity contribution in [1.82, 2.24) is 9.78 Å². The minimum absolute atomic E-state index is 0.0125. The van der Waals surface area contributed by atoms with E-state index in [-0.39, 0.29) is 18.9 Å². The number of rotatable bonds is 6. The van der Waals surface area contributed by atoms with E-state index in [1.807, 2.05) is 0 Å². The van der Waals surface area contributed by atoms with Crippen LogP contribution in [-0.2, 0) is 18.0 Å². The highest BCUT2D eigenvalue weighted by atomic mass is 19.4. The molecule has 0 N–H and O–H groups in total. The second-order valence-corrected chi connectivity index (χ2v) is 5.04. The molecule has 0 bridgehead atoms. The van der Waals surface area contributed by atoms with Crippen LogP contribution in [0.3, 0.4) is 0 Å². The van der Waals surface area contributed by atoms with Crippen LogP contribution in [0.5, 0.6) is 5.88 Å². The second-order valence-electron chi connectivity index (χ2n) is 5.04. The summed E-state index contributed by atoms with van der Waals surface area (Å²) in [6.45, 7) is 1.79. The van der Waals surface area contributed by atoms with E-state index in [9.17, 15) is 26.7 Å². The van der Waals surface area contributed by atoms with Gasteiger partial charge < -0.3 is 4.74 Å². The zero-order valence-corrected chi connectivity index (χ0v) is 13.3. The molecule has 1 amide bonds. The number of carbonyl (C=O) groups excluding carboxylic acids is 1. The molecule has 2 rings (SSSR count). The van der Waals surface area contributed by atoms with Gasteiger partial charge in [-0.25, -0.2) is 13.5 Å². The second kappa shape index (κ2) is 7.08. The van der Waals surface area contributed by atoms with Gasteiger partial charge in [-0.1, -0.05) is 6.92 Å². The van der Waals surface area contributed by atoms with Crippen LogP contribution in [0, 0.1) is 11.6 Å². The van der Waals surface area contributed by atoms with Gasteiger partial charge in [0.2, 0.25) is 12.3 Å². The van der Waals surface area contributed by atoms with Gasteiger partial charge in [-0.2, -0.15) is 18.3 Å². The van der Waals surface area contributed by atoms with E-state index < -0.39 is 34.9 Å². The third-order valence-electron chi connectivity index (χ3n) is 3.20. The molecule has 0 aliphatic heterocycles. The average Bonchev–Trinajstić information content (AvgIpc) is 2.85. The highest BCUT2D eigenvalue weighted by molar-refractivity contribution is 5.90. The number of benzene rings is 1. The number of alkyl halides is 3. The number of amides is 1. The first-order valence-corrected chi connectivity index (χ1v) is 7.17. The van der Waals surface area contributed by atoms with Crippen molar-refractivity contribution in [3.63, 3.8) is 0 Å². The Hall–Kier alpha value is -2.65. The van der Waals surface area contributed by atoms with Crippen LogP contribution in [0.15, 0.2) is 18.2 Å². The lowest BCUT2D eigenvalue weighted by atomic mass is 10.2. The normalized spacial score (nSPS) is 11.5. The first-order valence-electron chi connectivity index (χ1n) is 7.17. The lowest BCUT2D eigenvalue weighted by Crippen LogP contribution is -2.20. The van der Waals surface area contributed by atoms with Crippen molar-refractivity contribution < 1.29 is 31.5 Å². The summed E-state index contributed by atoms with van der Waals surface area (Å²) in [7, 11) is 1.20. The van der Waals surface area contributed by atoms with Gasteiger partial charge in [-0.05, 0) is 18.6 Å². The largest absolute Gasteiger partial charge is 0.476 e. The van der Waals surface area contributed by atoms with Crippen LogP contribution >= 0.6 is 0 Å². The summed E-state index contributed by atoms with van der Waals surface area (Å²) in [6, 6.07) is 2.14. The molecule has 0 spiro atoms. The summed E-state index contributed by atoms with van der Waals surface area (Å²) in [6.07, 6.45) is -4.45. The minimum Gasteiger partial charge on any atom is -0.476 e. The number of carbonyl (C=O) groups is 1. The smallest absolute Gasteiger partial charge is 0.437 e. The molecule has 0 unspecified atom stereocenters. The van der Waals surface area contributed by atoms with Crippen LogP contribution in [0.2, 0.25) is 0 Å². The first kappa shape index (κ1) is 18.7. The van der Waals surface area contributed by atoms with Gasteiger partial charge in [0.1, 0.15) is 17.3 Å². The fourth-order valence-electron chi connectivity index (χ4n) is 2.17. The number of aromatic nitrogens is 2. The highest BCUT2D eigenvalue weighted by Gasteiger charge is 2.42. The van der Waals surface area contributed by atoms with E-state index in [1.165, 1.54) is 7.05 Å². The molecule has 0 radical (unpaired) electrons. The van der Waals surface area contributed by atoms with Gasteiger partial charge in [-0.15, -0.1) is 0 Å². The SMILES string of the molecule is CCCOc1c(N(C=O)c2ccc(F)cc2F)c(C(F)(F)F)nn1C. The summed E-state index contributed by atoms with van der Waals surface area (Å²) in [4.78, 5) is 11.9. The van der Waals surface area contributed by atoms with Crippen molar-refractivity contribution in [2.75, 3.05) is 11.5 Å². The zero-order valence-electron chi connectivity index (χ0n) is 13.3. The molecule has 5 nitrogen and oxygen atoms in total. The van der Waals surface area contributed by atoms with Gasteiger partial charge >= 0.3 is 6.18 Å². The quantitative estimate of drug-likeness (QED) is 0.579. The van der Waals surface area contributed by atoms with Crippen LogP contribution in [-0.4, -0.2) is 22.8 Å². The molecular weight excluding hydrogens is 349 g/mol. The number of hydrogen-bond donors (Lipinski definition) is 0. The minimum atomic E-state index is -4.92. The number of ether oxygens (including phenoxy) is 1. The molecule has 0 aliphatic carbocycles. The van der Waals surface area contributed by atoms with Crippen LogP contribution < -0.4 is 9.64 Å². The maximum Gasteiger partial charge on any atom is 0.437 e. The van der Waals surface area contributed by atoms with Gasteiger partial charge in [0, 0.05) is 13.1 Å². The van der Waals surface area contributed by atoms with Crippen LogP contribution in [0.25, 0.3) is 0 Å². The predicted octanol–water partition coefficient (Wildman–Crippen LogP) is 3.80. The lowest BCUT2D eigenvalue weighted by Gasteiger charge is -2.20. The summed E-state index contributed by atoms with van der Waals surface area (Å²) >= 11 is 0. The predicted molar refractivity (Wildman–Crippen MR) is 78.6 cm³/mol. The molecule has 0 saturated carbocycles.